The van der Waals surface area contributed by atoms with Crippen LogP contribution in [0.4, 0.5) is 0 Å². The third-order valence-electron chi connectivity index (χ3n) is 5.75. The third kappa shape index (κ3) is 3.97. The highest BCUT2D eigenvalue weighted by Gasteiger charge is 2.38. The van der Waals surface area contributed by atoms with Gasteiger partial charge in [-0.3, -0.25) is 14.6 Å². The third-order valence-corrected chi connectivity index (χ3v) is 5.75. The maximum atomic E-state index is 12.9. The molecule has 0 bridgehead atoms. The fourth-order valence-electron chi connectivity index (χ4n) is 4.26. The molecule has 1 saturated heterocycles. The molecule has 29 heavy (non-hydrogen) atoms. The number of hydrogen-bond donors (Lipinski definition) is 1. The van der Waals surface area contributed by atoms with Gasteiger partial charge in [0.2, 0.25) is 11.8 Å². The number of aromatic nitrogens is 4. The largest absolute Gasteiger partial charge is 0.349 e. The van der Waals surface area contributed by atoms with Gasteiger partial charge in [0.05, 0.1) is 23.9 Å². The average Bonchev–Trinajstić information content (AvgIpc) is 3.08. The minimum Gasteiger partial charge on any atom is -0.349 e. The van der Waals surface area contributed by atoms with Crippen molar-refractivity contribution in [1.29, 1.82) is 0 Å². The molecule has 2 amide bonds. The lowest BCUT2D eigenvalue weighted by Gasteiger charge is -2.36. The summed E-state index contributed by atoms with van der Waals surface area (Å²) in [6.07, 6.45) is 8.56. The van der Waals surface area contributed by atoms with Crippen molar-refractivity contribution in [1.82, 2.24) is 30.2 Å². The maximum Gasteiger partial charge on any atom is 0.225 e. The van der Waals surface area contributed by atoms with E-state index < -0.39 is 0 Å². The van der Waals surface area contributed by atoms with Crippen molar-refractivity contribution in [2.24, 2.45) is 11.3 Å². The molecule has 1 N–H and O–H groups in total. The van der Waals surface area contributed by atoms with Crippen LogP contribution < -0.4 is 5.32 Å². The molecule has 0 radical (unpaired) electrons. The van der Waals surface area contributed by atoms with E-state index in [4.69, 9.17) is 4.98 Å². The number of carbonyl (C=O) groups excluding carboxylic acids is 2. The Morgan fingerprint density at radius 2 is 2.10 bits per heavy atom. The van der Waals surface area contributed by atoms with Crippen LogP contribution in [0.15, 0.2) is 24.8 Å². The summed E-state index contributed by atoms with van der Waals surface area (Å²) >= 11 is 0. The van der Waals surface area contributed by atoms with Gasteiger partial charge in [0.15, 0.2) is 5.82 Å². The molecule has 4 rings (SSSR count). The Morgan fingerprint density at radius 3 is 2.79 bits per heavy atom. The number of nitrogens with zero attached hydrogens (tertiary/aromatic N) is 5. The topological polar surface area (TPSA) is 101 Å². The standard InChI is InChI=1S/C21H26N6O2/c1-4-27-12-13(7-18(27)28)20(29)26-16-9-21(2,3)8-15-14(16)10-24-19(25-15)17-11-22-5-6-23-17/h5-6,10-11,13,16H,4,7-9,12H2,1-3H3,(H,26,29)/t13-,16-/m0/s1. The van der Waals surface area contributed by atoms with Crippen molar-refractivity contribution < 1.29 is 9.59 Å². The van der Waals surface area contributed by atoms with Crippen LogP contribution in [0.2, 0.25) is 0 Å². The molecule has 8 heteroatoms. The van der Waals surface area contributed by atoms with Crippen molar-refractivity contribution in [2.45, 2.75) is 46.1 Å². The van der Waals surface area contributed by atoms with Gasteiger partial charge in [0.25, 0.3) is 0 Å². The number of nitrogens with one attached hydrogen (secondary N) is 1. The summed E-state index contributed by atoms with van der Waals surface area (Å²) in [6, 6.07) is -0.164. The molecule has 152 valence electrons. The maximum absolute atomic E-state index is 12.9. The van der Waals surface area contributed by atoms with Gasteiger partial charge in [0, 0.05) is 43.7 Å². The highest BCUT2D eigenvalue weighted by atomic mass is 16.2. The molecule has 1 fully saturated rings. The van der Waals surface area contributed by atoms with Crippen molar-refractivity contribution in [2.75, 3.05) is 13.1 Å². The van der Waals surface area contributed by atoms with Gasteiger partial charge < -0.3 is 10.2 Å². The summed E-state index contributed by atoms with van der Waals surface area (Å²) < 4.78 is 0. The van der Waals surface area contributed by atoms with Crippen molar-refractivity contribution >= 4 is 11.8 Å². The second-order valence-corrected chi connectivity index (χ2v) is 8.63. The zero-order valence-corrected chi connectivity index (χ0v) is 17.1. The Hall–Kier alpha value is -2.90. The van der Waals surface area contributed by atoms with Crippen LogP contribution in [0.5, 0.6) is 0 Å². The first kappa shape index (κ1) is 19.4. The van der Waals surface area contributed by atoms with Gasteiger partial charge >= 0.3 is 0 Å². The molecule has 2 aromatic rings. The predicted octanol–water partition coefficient (Wildman–Crippen LogP) is 1.93. The first-order valence-corrected chi connectivity index (χ1v) is 10.1. The summed E-state index contributed by atoms with van der Waals surface area (Å²) in [6.45, 7) is 7.42. The SMILES string of the molecule is CCN1C[C@@H](C(=O)N[C@H]2CC(C)(C)Cc3nc(-c4cnccn4)ncc32)CC1=O. The van der Waals surface area contributed by atoms with Gasteiger partial charge in [-0.25, -0.2) is 15.0 Å². The van der Waals surface area contributed by atoms with Crippen LogP contribution in [0, 0.1) is 11.3 Å². The molecule has 0 aromatic carbocycles. The van der Waals surface area contributed by atoms with Crippen LogP contribution in [-0.4, -0.2) is 49.7 Å². The minimum atomic E-state index is -0.296. The van der Waals surface area contributed by atoms with E-state index in [1.54, 1.807) is 29.7 Å². The van der Waals surface area contributed by atoms with E-state index in [-0.39, 0.29) is 35.6 Å². The summed E-state index contributed by atoms with van der Waals surface area (Å²) in [4.78, 5) is 44.2. The van der Waals surface area contributed by atoms with E-state index in [0.717, 1.165) is 24.1 Å². The molecular weight excluding hydrogens is 368 g/mol. The number of likely N-dealkylation sites (tertiary alicyclic amines) is 1. The Kier molecular flexibility index (Phi) is 5.02. The number of hydrogen-bond acceptors (Lipinski definition) is 6. The van der Waals surface area contributed by atoms with E-state index >= 15 is 0 Å². The monoisotopic (exact) mass is 394 g/mol. The number of amides is 2. The molecule has 1 aliphatic heterocycles. The molecule has 1 aliphatic carbocycles. The number of rotatable bonds is 4. The van der Waals surface area contributed by atoms with Crippen molar-refractivity contribution in [3.63, 3.8) is 0 Å². The lowest BCUT2D eigenvalue weighted by atomic mass is 9.74. The highest BCUT2D eigenvalue weighted by molar-refractivity contribution is 5.89. The second kappa shape index (κ2) is 7.50. The minimum absolute atomic E-state index is 0.0140. The van der Waals surface area contributed by atoms with Crippen LogP contribution >= 0.6 is 0 Å². The molecule has 0 saturated carbocycles. The summed E-state index contributed by atoms with van der Waals surface area (Å²) in [5.41, 5.74) is 2.49. The molecule has 2 aromatic heterocycles. The Bertz CT molecular complexity index is 930. The molecule has 8 nitrogen and oxygen atoms in total. The summed E-state index contributed by atoms with van der Waals surface area (Å²) in [5, 5.41) is 3.17. The lowest BCUT2D eigenvalue weighted by molar-refractivity contribution is -0.129. The van der Waals surface area contributed by atoms with E-state index in [0.29, 0.717) is 24.6 Å². The molecule has 0 spiro atoms. The van der Waals surface area contributed by atoms with Crippen LogP contribution in [0.3, 0.4) is 0 Å². The molecular formula is C21H26N6O2. The Labute approximate surface area is 170 Å². The Morgan fingerprint density at radius 1 is 1.28 bits per heavy atom. The van der Waals surface area contributed by atoms with Crippen LogP contribution in [-0.2, 0) is 16.0 Å². The lowest BCUT2D eigenvalue weighted by Crippen LogP contribution is -2.40. The molecule has 2 aliphatic rings. The van der Waals surface area contributed by atoms with Gasteiger partial charge in [-0.15, -0.1) is 0 Å². The predicted molar refractivity (Wildman–Crippen MR) is 106 cm³/mol. The molecule has 2 atom stereocenters. The number of carbonyl (C=O) groups is 2. The van der Waals surface area contributed by atoms with Gasteiger partial charge in [-0.1, -0.05) is 13.8 Å². The van der Waals surface area contributed by atoms with Crippen molar-refractivity contribution in [3.8, 4) is 11.5 Å². The van der Waals surface area contributed by atoms with Gasteiger partial charge in [-0.05, 0) is 25.2 Å². The van der Waals surface area contributed by atoms with Gasteiger partial charge in [0.1, 0.15) is 5.69 Å². The fraction of sp³-hybridized carbons (Fsp3) is 0.524. The zero-order valence-electron chi connectivity index (χ0n) is 17.1. The first-order valence-electron chi connectivity index (χ1n) is 10.1. The van der Waals surface area contributed by atoms with E-state index in [2.05, 4.69) is 34.1 Å². The van der Waals surface area contributed by atoms with E-state index in [1.165, 1.54) is 0 Å². The first-order chi connectivity index (χ1) is 13.9. The zero-order chi connectivity index (χ0) is 20.6. The van der Waals surface area contributed by atoms with Crippen LogP contribution in [0.25, 0.3) is 11.5 Å². The smallest absolute Gasteiger partial charge is 0.225 e. The van der Waals surface area contributed by atoms with Gasteiger partial charge in [-0.2, -0.15) is 0 Å². The fourth-order valence-corrected chi connectivity index (χ4v) is 4.26. The quantitative estimate of drug-likeness (QED) is 0.850. The average molecular weight is 394 g/mol. The molecule has 3 heterocycles. The molecule has 0 unspecified atom stereocenters. The Balaban J connectivity index is 1.58. The van der Waals surface area contributed by atoms with E-state index in [9.17, 15) is 9.59 Å². The normalized spacial score (nSPS) is 23.0. The summed E-state index contributed by atoms with van der Waals surface area (Å²) in [7, 11) is 0. The number of fused-ring (bicyclic) bond motifs is 1. The highest BCUT2D eigenvalue weighted by Crippen LogP contribution is 2.40. The summed E-state index contributed by atoms with van der Waals surface area (Å²) in [5.74, 6) is 0.227. The van der Waals surface area contributed by atoms with E-state index in [1.807, 2.05) is 6.92 Å². The van der Waals surface area contributed by atoms with Crippen molar-refractivity contribution in [3.05, 3.63) is 36.0 Å². The second-order valence-electron chi connectivity index (χ2n) is 8.63. The van der Waals surface area contributed by atoms with Crippen LogP contribution in [0.1, 0.15) is 50.9 Å².